The lowest BCUT2D eigenvalue weighted by Crippen LogP contribution is -2.42. The molecule has 1 heterocycles. The summed E-state index contributed by atoms with van der Waals surface area (Å²) in [6.07, 6.45) is -4.35. The second-order valence-corrected chi connectivity index (χ2v) is 9.36. The standard InChI is InChI=1S/C14H22F3NO2S2/c1-9(2)12(18-22(19)13(3,4)5)10-6-7-11(21-10)20-8-14(15,16)17/h6-7,9,12,18H,8H2,1-5H3/t12-,22-/m0/s1. The quantitative estimate of drug-likeness (QED) is 0.766. The molecule has 0 bridgehead atoms. The lowest BCUT2D eigenvalue weighted by atomic mass is 10.0. The van der Waals surface area contributed by atoms with Crippen LogP contribution in [-0.2, 0) is 11.4 Å². The highest BCUT2D eigenvalue weighted by Gasteiger charge is 2.32. The predicted molar refractivity (Wildman–Crippen MR) is 84.5 cm³/mol. The third kappa shape index (κ3) is 6.36. The van der Waals surface area contributed by atoms with Crippen molar-refractivity contribution in [1.82, 2.24) is 4.72 Å². The van der Waals surface area contributed by atoms with Crippen LogP contribution in [-0.4, -0.2) is 22.1 Å². The fourth-order valence-corrected chi connectivity index (χ4v) is 3.69. The minimum Gasteiger partial charge on any atom is -0.598 e. The second kappa shape index (κ2) is 7.42. The average Bonchev–Trinajstić information content (AvgIpc) is 2.79. The molecule has 0 unspecified atom stereocenters. The SMILES string of the molecule is CC(C)[C@H](N[S@@+]([O-])C(C)(C)C)c1ccc(OCC(F)(F)F)s1. The molecular weight excluding hydrogens is 335 g/mol. The first-order valence-electron chi connectivity index (χ1n) is 6.87. The van der Waals surface area contributed by atoms with Gasteiger partial charge < -0.3 is 9.29 Å². The van der Waals surface area contributed by atoms with Gasteiger partial charge in [0.1, 0.15) is 4.75 Å². The van der Waals surface area contributed by atoms with Crippen molar-refractivity contribution in [2.45, 2.75) is 51.6 Å². The summed E-state index contributed by atoms with van der Waals surface area (Å²) in [6, 6.07) is 3.03. The van der Waals surface area contributed by atoms with Crippen molar-refractivity contribution in [1.29, 1.82) is 0 Å². The van der Waals surface area contributed by atoms with E-state index in [0.717, 1.165) is 16.2 Å². The fraction of sp³-hybridized carbons (Fsp3) is 0.714. The van der Waals surface area contributed by atoms with E-state index in [1.807, 2.05) is 34.6 Å². The maximum absolute atomic E-state index is 12.2. The molecule has 0 amide bonds. The minimum absolute atomic E-state index is 0.139. The van der Waals surface area contributed by atoms with Crippen LogP contribution in [0, 0.1) is 5.92 Å². The summed E-state index contributed by atoms with van der Waals surface area (Å²) in [5.41, 5.74) is 0. The normalized spacial score (nSPS) is 15.9. The molecule has 0 radical (unpaired) electrons. The maximum atomic E-state index is 12.2. The molecule has 0 aromatic carbocycles. The summed E-state index contributed by atoms with van der Waals surface area (Å²) in [5.74, 6) is 0.139. The third-order valence-electron chi connectivity index (χ3n) is 2.74. The van der Waals surface area contributed by atoms with Crippen LogP contribution in [0.4, 0.5) is 13.2 Å². The van der Waals surface area contributed by atoms with Gasteiger partial charge in [-0.05, 0) is 38.8 Å². The van der Waals surface area contributed by atoms with Crippen LogP contribution >= 0.6 is 11.3 Å². The summed E-state index contributed by atoms with van der Waals surface area (Å²) in [4.78, 5) is 0.810. The lowest BCUT2D eigenvalue weighted by molar-refractivity contribution is -0.152. The lowest BCUT2D eigenvalue weighted by Gasteiger charge is -2.29. The molecule has 0 aliphatic heterocycles. The number of halogens is 3. The molecule has 1 rings (SSSR count). The monoisotopic (exact) mass is 357 g/mol. The second-order valence-electron chi connectivity index (χ2n) is 6.28. The van der Waals surface area contributed by atoms with Crippen LogP contribution in [0.3, 0.4) is 0 Å². The van der Waals surface area contributed by atoms with Crippen molar-refractivity contribution in [2.24, 2.45) is 5.92 Å². The van der Waals surface area contributed by atoms with Gasteiger partial charge >= 0.3 is 6.18 Å². The smallest absolute Gasteiger partial charge is 0.422 e. The number of alkyl halides is 3. The molecule has 1 aromatic heterocycles. The van der Waals surface area contributed by atoms with Gasteiger partial charge in [-0.3, -0.25) is 0 Å². The molecule has 1 N–H and O–H groups in total. The zero-order chi connectivity index (χ0) is 17.1. The first-order chi connectivity index (χ1) is 9.90. The van der Waals surface area contributed by atoms with E-state index >= 15 is 0 Å². The maximum Gasteiger partial charge on any atom is 0.422 e. The Balaban J connectivity index is 2.79. The van der Waals surface area contributed by atoms with E-state index in [9.17, 15) is 17.7 Å². The van der Waals surface area contributed by atoms with Crippen LogP contribution in [0.5, 0.6) is 5.06 Å². The first-order valence-corrected chi connectivity index (χ1v) is 8.84. The van der Waals surface area contributed by atoms with E-state index in [1.54, 1.807) is 6.07 Å². The summed E-state index contributed by atoms with van der Waals surface area (Å²) in [6.45, 7) is 8.21. The Morgan fingerprint density at radius 1 is 1.27 bits per heavy atom. The van der Waals surface area contributed by atoms with Gasteiger partial charge in [0.05, 0.1) is 6.04 Å². The van der Waals surface area contributed by atoms with E-state index < -0.39 is 28.9 Å². The van der Waals surface area contributed by atoms with Crippen molar-refractivity contribution in [3.05, 3.63) is 17.0 Å². The number of nitrogens with one attached hydrogen (secondary N) is 1. The van der Waals surface area contributed by atoms with E-state index in [0.29, 0.717) is 0 Å². The number of ether oxygens (including phenoxy) is 1. The fourth-order valence-electron chi connectivity index (χ4n) is 1.55. The number of rotatable bonds is 6. The van der Waals surface area contributed by atoms with Crippen LogP contribution in [0.1, 0.15) is 45.5 Å². The van der Waals surface area contributed by atoms with Crippen molar-refractivity contribution in [3.63, 3.8) is 0 Å². The highest BCUT2D eigenvalue weighted by Crippen LogP contribution is 2.34. The van der Waals surface area contributed by atoms with Gasteiger partial charge in [0.15, 0.2) is 11.7 Å². The Kier molecular flexibility index (Phi) is 6.61. The highest BCUT2D eigenvalue weighted by molar-refractivity contribution is 7.90. The van der Waals surface area contributed by atoms with Gasteiger partial charge in [-0.1, -0.05) is 13.8 Å². The van der Waals surface area contributed by atoms with Crippen LogP contribution in [0.15, 0.2) is 12.1 Å². The van der Waals surface area contributed by atoms with Crippen molar-refractivity contribution < 1.29 is 22.5 Å². The molecule has 0 fully saturated rings. The Hall–Kier alpha value is -0.440. The largest absolute Gasteiger partial charge is 0.598 e. The topological polar surface area (TPSA) is 44.3 Å². The molecule has 0 aliphatic carbocycles. The van der Waals surface area contributed by atoms with E-state index in [4.69, 9.17) is 4.74 Å². The molecule has 22 heavy (non-hydrogen) atoms. The Morgan fingerprint density at radius 3 is 2.32 bits per heavy atom. The summed E-state index contributed by atoms with van der Waals surface area (Å²) < 4.78 is 56.1. The zero-order valence-electron chi connectivity index (χ0n) is 13.3. The predicted octanol–water partition coefficient (Wildman–Crippen LogP) is 4.44. The molecule has 128 valence electrons. The summed E-state index contributed by atoms with van der Waals surface area (Å²) in [5, 5.41) is 0.210. The van der Waals surface area contributed by atoms with Gasteiger partial charge in [-0.25, -0.2) is 0 Å². The minimum atomic E-state index is -4.35. The molecule has 2 atom stereocenters. The third-order valence-corrected chi connectivity index (χ3v) is 5.40. The molecule has 0 saturated heterocycles. The first kappa shape index (κ1) is 19.6. The average molecular weight is 357 g/mol. The summed E-state index contributed by atoms with van der Waals surface area (Å²) in [7, 11) is 0. The Morgan fingerprint density at radius 2 is 1.86 bits per heavy atom. The van der Waals surface area contributed by atoms with Crippen molar-refractivity contribution in [3.8, 4) is 5.06 Å². The highest BCUT2D eigenvalue weighted by atomic mass is 32.2. The van der Waals surface area contributed by atoms with Gasteiger partial charge in [0, 0.05) is 16.2 Å². The summed E-state index contributed by atoms with van der Waals surface area (Å²) >= 11 is -0.118. The van der Waals surface area contributed by atoms with E-state index in [-0.39, 0.29) is 17.0 Å². The van der Waals surface area contributed by atoms with Crippen LogP contribution in [0.2, 0.25) is 0 Å². The van der Waals surface area contributed by atoms with Crippen molar-refractivity contribution in [2.75, 3.05) is 6.61 Å². The van der Waals surface area contributed by atoms with Gasteiger partial charge in [0.25, 0.3) is 0 Å². The Bertz CT molecular complexity index is 469. The van der Waals surface area contributed by atoms with Gasteiger partial charge in [-0.2, -0.15) is 13.2 Å². The number of hydrogen-bond acceptors (Lipinski definition) is 4. The van der Waals surface area contributed by atoms with E-state index in [1.165, 1.54) is 6.07 Å². The van der Waals surface area contributed by atoms with Gasteiger partial charge in [0.2, 0.25) is 0 Å². The van der Waals surface area contributed by atoms with Crippen LogP contribution in [0.25, 0.3) is 0 Å². The number of thiophene rings is 1. The molecular formula is C14H22F3NO2S2. The van der Waals surface area contributed by atoms with E-state index in [2.05, 4.69) is 4.72 Å². The van der Waals surface area contributed by atoms with Crippen LogP contribution < -0.4 is 9.46 Å². The molecule has 1 aromatic rings. The molecule has 0 spiro atoms. The van der Waals surface area contributed by atoms with Gasteiger partial charge in [-0.15, -0.1) is 16.1 Å². The molecule has 3 nitrogen and oxygen atoms in total. The molecule has 8 heteroatoms. The molecule has 0 saturated carbocycles. The zero-order valence-corrected chi connectivity index (χ0v) is 14.9. The number of hydrogen-bond donors (Lipinski definition) is 1. The molecule has 0 aliphatic rings. The Labute approximate surface area is 136 Å². The van der Waals surface area contributed by atoms with Crippen molar-refractivity contribution >= 4 is 22.7 Å².